The number of imidazole rings is 1. The Kier molecular flexibility index (Phi) is 6.57. The van der Waals surface area contributed by atoms with Crippen LogP contribution in [0.4, 0.5) is 20.5 Å². The molecule has 11 nitrogen and oxygen atoms in total. The summed E-state index contributed by atoms with van der Waals surface area (Å²) in [6.45, 7) is 5.16. The smallest absolute Gasteiger partial charge is 0.236 e. The fourth-order valence-electron chi connectivity index (χ4n) is 6.10. The van der Waals surface area contributed by atoms with Gasteiger partial charge in [0.05, 0.1) is 24.2 Å². The van der Waals surface area contributed by atoms with Crippen molar-refractivity contribution < 1.29 is 9.18 Å². The van der Waals surface area contributed by atoms with Crippen molar-refractivity contribution in [3.8, 4) is 23.4 Å². The van der Waals surface area contributed by atoms with Crippen molar-refractivity contribution in [2.75, 3.05) is 49.6 Å². The first kappa shape index (κ1) is 26.8. The first-order valence-corrected chi connectivity index (χ1v) is 15.5. The minimum atomic E-state index is -0.341. The van der Waals surface area contributed by atoms with Gasteiger partial charge in [-0.05, 0) is 37.1 Å². The molecule has 0 saturated carbocycles. The Hall–Kier alpha value is -4.11. The molecule has 1 aromatic carbocycles. The van der Waals surface area contributed by atoms with Gasteiger partial charge in [0.2, 0.25) is 16.0 Å². The summed E-state index contributed by atoms with van der Waals surface area (Å²) in [4.78, 5) is 31.9. The second kappa shape index (κ2) is 10.3. The third-order valence-corrected chi connectivity index (χ3v) is 10.4. The van der Waals surface area contributed by atoms with Gasteiger partial charge in [-0.25, -0.2) is 14.4 Å². The lowest BCUT2D eigenvalue weighted by atomic mass is 10.0. The predicted molar refractivity (Wildman–Crippen MR) is 157 cm³/mol. The van der Waals surface area contributed by atoms with Gasteiger partial charge in [-0.15, -0.1) is 5.10 Å². The predicted octanol–water partition coefficient (Wildman–Crippen LogP) is 3.50. The lowest BCUT2D eigenvalue weighted by molar-refractivity contribution is -0.137. The van der Waals surface area contributed by atoms with E-state index in [2.05, 4.69) is 21.9 Å². The Morgan fingerprint density at radius 1 is 1.12 bits per heavy atom. The first-order chi connectivity index (χ1) is 20.4. The normalized spacial score (nSPS) is 20.2. The summed E-state index contributed by atoms with van der Waals surface area (Å²) in [6.07, 6.45) is 1.70. The molecule has 1 amide bonds. The second-order valence-electron chi connectivity index (χ2n) is 10.9. The summed E-state index contributed by atoms with van der Waals surface area (Å²) in [7, 11) is 1.90. The molecule has 3 aromatic heterocycles. The van der Waals surface area contributed by atoms with Gasteiger partial charge in [-0.1, -0.05) is 29.6 Å². The number of nitriles is 2. The number of piperazine rings is 1. The molecule has 0 radical (unpaired) electrons. The summed E-state index contributed by atoms with van der Waals surface area (Å²) in [6, 6.07) is 11.0. The molecule has 0 spiro atoms. The molecule has 2 bridgehead atoms. The van der Waals surface area contributed by atoms with Gasteiger partial charge in [-0.3, -0.25) is 9.69 Å². The molecule has 3 aliphatic rings. The second-order valence-corrected chi connectivity index (χ2v) is 12.8. The monoisotopic (exact) mass is 602 g/mol. The molecule has 3 fully saturated rings. The van der Waals surface area contributed by atoms with Crippen molar-refractivity contribution >= 4 is 49.6 Å². The molecule has 0 unspecified atom stereocenters. The molecule has 3 aliphatic heterocycles. The number of rotatable bonds is 7. The van der Waals surface area contributed by atoms with Gasteiger partial charge >= 0.3 is 0 Å². The van der Waals surface area contributed by atoms with Crippen LogP contribution in [0.15, 0.2) is 24.3 Å². The van der Waals surface area contributed by atoms with E-state index in [0.717, 1.165) is 41.1 Å². The molecule has 2 atom stereocenters. The van der Waals surface area contributed by atoms with Gasteiger partial charge in [0.15, 0.2) is 10.9 Å². The van der Waals surface area contributed by atoms with Crippen LogP contribution in [-0.4, -0.2) is 87.1 Å². The highest BCUT2D eigenvalue weighted by Gasteiger charge is 2.46. The number of hydrogen-bond acceptors (Lipinski definition) is 11. The highest BCUT2D eigenvalue weighted by molar-refractivity contribution is 7.20. The molecule has 214 valence electrons. The number of likely N-dealkylation sites (tertiary alicyclic amines) is 2. The van der Waals surface area contributed by atoms with E-state index in [4.69, 9.17) is 20.3 Å². The third-order valence-electron chi connectivity index (χ3n) is 8.37. The number of benzene rings is 1. The SMILES string of the molecule is CCc1nc2sc(N3C[C@@H]4C[C@H]3CN4CC(=O)N3CC(C#N)C3)nn2c1N(C)c1nc(-c2ccc(F)cc2)c(C#N)s1. The zero-order valence-electron chi connectivity index (χ0n) is 23.1. The van der Waals surface area contributed by atoms with E-state index < -0.39 is 0 Å². The molecule has 6 heterocycles. The molecule has 14 heteroatoms. The highest BCUT2D eigenvalue weighted by atomic mass is 32.1. The van der Waals surface area contributed by atoms with E-state index in [9.17, 15) is 14.4 Å². The largest absolute Gasteiger partial charge is 0.341 e. The number of carbonyl (C=O) groups excluding carboxylic acids is 1. The van der Waals surface area contributed by atoms with Crippen LogP contribution in [0.25, 0.3) is 16.2 Å². The Morgan fingerprint density at radius 3 is 2.57 bits per heavy atom. The maximum Gasteiger partial charge on any atom is 0.236 e. The van der Waals surface area contributed by atoms with E-state index in [1.807, 2.05) is 23.4 Å². The molecule has 42 heavy (non-hydrogen) atoms. The summed E-state index contributed by atoms with van der Waals surface area (Å²) in [5.41, 5.74) is 2.10. The van der Waals surface area contributed by atoms with Crippen molar-refractivity contribution in [2.45, 2.75) is 31.8 Å². The van der Waals surface area contributed by atoms with Gasteiger partial charge in [-0.2, -0.15) is 15.0 Å². The van der Waals surface area contributed by atoms with E-state index in [-0.39, 0.29) is 23.7 Å². The molecule has 0 N–H and O–H groups in total. The summed E-state index contributed by atoms with van der Waals surface area (Å²) in [5.74, 6) is 0.548. The molecular formula is C28H27FN10OS2. The molecule has 7 rings (SSSR count). The highest BCUT2D eigenvalue weighted by Crippen LogP contribution is 2.40. The quantitative estimate of drug-likeness (QED) is 0.313. The zero-order chi connectivity index (χ0) is 29.1. The Bertz CT molecular complexity index is 1760. The van der Waals surface area contributed by atoms with Gasteiger partial charge < -0.3 is 14.7 Å². The van der Waals surface area contributed by atoms with Crippen LogP contribution in [0.2, 0.25) is 0 Å². The number of hydrogen-bond donors (Lipinski definition) is 0. The van der Waals surface area contributed by atoms with Crippen molar-refractivity contribution in [2.24, 2.45) is 5.92 Å². The minimum absolute atomic E-state index is 0.0266. The maximum atomic E-state index is 13.5. The van der Waals surface area contributed by atoms with E-state index in [1.165, 1.54) is 23.5 Å². The van der Waals surface area contributed by atoms with Crippen LogP contribution < -0.4 is 9.80 Å². The fraction of sp³-hybridized carbons (Fsp3) is 0.429. The summed E-state index contributed by atoms with van der Waals surface area (Å²) < 4.78 is 15.4. The van der Waals surface area contributed by atoms with Crippen molar-refractivity contribution in [1.82, 2.24) is 29.4 Å². The number of halogens is 1. The summed E-state index contributed by atoms with van der Waals surface area (Å²) in [5, 5.41) is 25.3. The number of nitrogens with zero attached hydrogens (tertiary/aromatic N) is 10. The van der Waals surface area contributed by atoms with E-state index >= 15 is 0 Å². The van der Waals surface area contributed by atoms with Gasteiger partial charge in [0.25, 0.3) is 0 Å². The number of thiazole rings is 1. The van der Waals surface area contributed by atoms with E-state index in [0.29, 0.717) is 53.4 Å². The standard InChI is InChI=1S/C28H27FN10OS2/c1-3-21-25(35(2)26-33-24(22(10-31)41-26)17-4-6-18(29)7-5-17)39-27(32-21)42-28(34-39)38-14-19-8-20(38)13-36(19)15-23(40)37-11-16(9-30)12-37/h4-7,16,19-20H,3,8,11-15H2,1-2H3/t19-,20-/m0/s1. The summed E-state index contributed by atoms with van der Waals surface area (Å²) >= 11 is 2.83. The van der Waals surface area contributed by atoms with Crippen LogP contribution in [-0.2, 0) is 11.2 Å². The number of aromatic nitrogens is 4. The van der Waals surface area contributed by atoms with Crippen molar-refractivity contribution in [3.63, 3.8) is 0 Å². The average Bonchev–Trinajstić information content (AvgIpc) is 3.77. The molecule has 0 aliphatic carbocycles. The number of aryl methyl sites for hydroxylation is 1. The maximum absolute atomic E-state index is 13.5. The Balaban J connectivity index is 1.11. The van der Waals surface area contributed by atoms with E-state index in [1.54, 1.807) is 28.4 Å². The molecule has 3 saturated heterocycles. The number of fused-ring (bicyclic) bond motifs is 3. The number of carbonyl (C=O) groups is 1. The molecule has 4 aromatic rings. The lowest BCUT2D eigenvalue weighted by Crippen LogP contribution is -2.55. The van der Waals surface area contributed by atoms with Crippen molar-refractivity contribution in [1.29, 1.82) is 10.5 Å². The third kappa shape index (κ3) is 4.38. The zero-order valence-corrected chi connectivity index (χ0v) is 24.7. The minimum Gasteiger partial charge on any atom is -0.341 e. The Morgan fingerprint density at radius 2 is 1.90 bits per heavy atom. The van der Waals surface area contributed by atoms with Gasteiger partial charge in [0, 0.05) is 50.9 Å². The fourth-order valence-corrected chi connectivity index (χ4v) is 7.94. The lowest BCUT2D eigenvalue weighted by Gasteiger charge is -2.38. The van der Waals surface area contributed by atoms with Crippen LogP contribution in [0.3, 0.4) is 0 Å². The number of amides is 1. The first-order valence-electron chi connectivity index (χ1n) is 13.8. The Labute approximate surface area is 249 Å². The van der Waals surface area contributed by atoms with Crippen LogP contribution in [0.5, 0.6) is 0 Å². The number of anilines is 3. The van der Waals surface area contributed by atoms with Gasteiger partial charge in [0.1, 0.15) is 22.5 Å². The average molecular weight is 603 g/mol. The van der Waals surface area contributed by atoms with Crippen molar-refractivity contribution in [3.05, 3.63) is 40.7 Å². The topological polar surface area (TPSA) is 121 Å². The molecular weight excluding hydrogens is 576 g/mol. The van der Waals surface area contributed by atoms with Crippen LogP contribution >= 0.6 is 22.7 Å². The van der Waals surface area contributed by atoms with Crippen LogP contribution in [0, 0.1) is 34.4 Å². The van der Waals surface area contributed by atoms with Crippen LogP contribution in [0.1, 0.15) is 23.9 Å².